The molecule has 0 spiro atoms. The fraction of sp³-hybridized carbons (Fsp3) is 0.250. The molecular formula is C16H15NO3S2. The second-order valence-electron chi connectivity index (χ2n) is 4.82. The van der Waals surface area contributed by atoms with Crippen molar-refractivity contribution in [2.45, 2.75) is 19.8 Å². The van der Waals surface area contributed by atoms with E-state index in [0.29, 0.717) is 17.0 Å². The third-order valence-electron chi connectivity index (χ3n) is 3.30. The molecular weight excluding hydrogens is 318 g/mol. The fourth-order valence-corrected chi connectivity index (χ4v) is 3.63. The fourth-order valence-electron chi connectivity index (χ4n) is 2.15. The van der Waals surface area contributed by atoms with Crippen LogP contribution in [0.4, 0.5) is 0 Å². The number of aromatic nitrogens is 1. The number of unbranched alkanes of at least 4 members (excludes halogenated alkanes) is 1. The van der Waals surface area contributed by atoms with Crippen LogP contribution in [0, 0.1) is 0 Å². The van der Waals surface area contributed by atoms with Gasteiger partial charge in [-0.2, -0.15) is 11.3 Å². The van der Waals surface area contributed by atoms with Crippen LogP contribution in [0.5, 0.6) is 5.75 Å². The predicted molar refractivity (Wildman–Crippen MR) is 89.8 cm³/mol. The number of hydrogen-bond donors (Lipinski definition) is 1. The molecule has 3 rings (SSSR count). The van der Waals surface area contributed by atoms with Gasteiger partial charge in [0.1, 0.15) is 0 Å². The van der Waals surface area contributed by atoms with Gasteiger partial charge in [0.15, 0.2) is 11.4 Å². The Morgan fingerprint density at radius 2 is 2.23 bits per heavy atom. The molecule has 1 N–H and O–H groups in total. The Bertz CT molecular complexity index is 793. The molecule has 0 aliphatic carbocycles. The Kier molecular flexibility index (Phi) is 4.40. The van der Waals surface area contributed by atoms with E-state index in [0.717, 1.165) is 23.8 Å². The normalized spacial score (nSPS) is 11.0. The maximum Gasteiger partial charge on any atom is 0.360 e. The standard InChI is InChI=1S/C16H15NO3S2/c1-2-3-6-20-16(19)13-14(18)15-11(5-8-22-15)12(17-13)10-4-7-21-9-10/h4-5,7-9,18H,2-3,6H2,1H3. The molecule has 22 heavy (non-hydrogen) atoms. The van der Waals surface area contributed by atoms with Crippen LogP contribution in [-0.2, 0) is 4.74 Å². The van der Waals surface area contributed by atoms with Crippen molar-refractivity contribution in [3.05, 3.63) is 34.0 Å². The zero-order valence-electron chi connectivity index (χ0n) is 12.0. The molecule has 0 aromatic carbocycles. The van der Waals surface area contributed by atoms with Crippen molar-refractivity contribution in [1.82, 2.24) is 4.98 Å². The molecule has 6 heteroatoms. The van der Waals surface area contributed by atoms with Crippen molar-refractivity contribution in [2.75, 3.05) is 6.61 Å². The first kappa shape index (κ1) is 15.0. The molecule has 0 fully saturated rings. The largest absolute Gasteiger partial charge is 0.504 e. The number of aromatic hydroxyl groups is 1. The van der Waals surface area contributed by atoms with Gasteiger partial charge < -0.3 is 9.84 Å². The number of carbonyl (C=O) groups excluding carboxylic acids is 1. The van der Waals surface area contributed by atoms with Crippen LogP contribution in [0.15, 0.2) is 28.3 Å². The van der Waals surface area contributed by atoms with Crippen molar-refractivity contribution in [1.29, 1.82) is 0 Å². The molecule has 3 aromatic heterocycles. The lowest BCUT2D eigenvalue weighted by molar-refractivity contribution is 0.0490. The molecule has 114 valence electrons. The van der Waals surface area contributed by atoms with E-state index in [-0.39, 0.29) is 11.4 Å². The van der Waals surface area contributed by atoms with Crippen molar-refractivity contribution in [3.8, 4) is 17.0 Å². The average Bonchev–Trinajstić information content (AvgIpc) is 3.19. The molecule has 0 amide bonds. The van der Waals surface area contributed by atoms with E-state index in [1.165, 1.54) is 11.3 Å². The quantitative estimate of drug-likeness (QED) is 0.544. The first-order valence-corrected chi connectivity index (χ1v) is 8.84. The van der Waals surface area contributed by atoms with Crippen LogP contribution in [0.1, 0.15) is 30.3 Å². The van der Waals surface area contributed by atoms with Gasteiger partial charge >= 0.3 is 5.97 Å². The smallest absolute Gasteiger partial charge is 0.360 e. The van der Waals surface area contributed by atoms with Crippen LogP contribution in [-0.4, -0.2) is 22.7 Å². The number of fused-ring (bicyclic) bond motifs is 1. The topological polar surface area (TPSA) is 59.4 Å². The van der Waals surface area contributed by atoms with Gasteiger partial charge in [0.05, 0.1) is 17.0 Å². The Morgan fingerprint density at radius 3 is 2.95 bits per heavy atom. The van der Waals surface area contributed by atoms with Gasteiger partial charge in [-0.05, 0) is 29.3 Å². The minimum atomic E-state index is -0.572. The van der Waals surface area contributed by atoms with Crippen molar-refractivity contribution >= 4 is 38.7 Å². The second-order valence-corrected chi connectivity index (χ2v) is 6.52. The van der Waals surface area contributed by atoms with Gasteiger partial charge in [0, 0.05) is 16.3 Å². The van der Waals surface area contributed by atoms with Crippen LogP contribution in [0.25, 0.3) is 21.3 Å². The van der Waals surface area contributed by atoms with E-state index in [9.17, 15) is 9.90 Å². The van der Waals surface area contributed by atoms with Gasteiger partial charge in [0.25, 0.3) is 0 Å². The number of rotatable bonds is 5. The summed E-state index contributed by atoms with van der Waals surface area (Å²) in [7, 11) is 0. The number of carbonyl (C=O) groups is 1. The summed E-state index contributed by atoms with van der Waals surface area (Å²) < 4.78 is 5.86. The number of pyridine rings is 1. The van der Waals surface area contributed by atoms with Gasteiger partial charge in [-0.3, -0.25) is 0 Å². The van der Waals surface area contributed by atoms with Crippen molar-refractivity contribution < 1.29 is 14.6 Å². The molecule has 0 unspecified atom stereocenters. The summed E-state index contributed by atoms with van der Waals surface area (Å²) in [6.07, 6.45) is 1.74. The summed E-state index contributed by atoms with van der Waals surface area (Å²) in [5, 5.41) is 17.0. The van der Waals surface area contributed by atoms with E-state index < -0.39 is 5.97 Å². The Morgan fingerprint density at radius 1 is 1.36 bits per heavy atom. The Labute approximate surface area is 136 Å². The highest BCUT2D eigenvalue weighted by Crippen LogP contribution is 2.38. The molecule has 0 aliphatic heterocycles. The van der Waals surface area contributed by atoms with Gasteiger partial charge in [0.2, 0.25) is 0 Å². The van der Waals surface area contributed by atoms with Gasteiger partial charge in [-0.15, -0.1) is 11.3 Å². The lowest BCUT2D eigenvalue weighted by Crippen LogP contribution is -2.09. The maximum absolute atomic E-state index is 12.2. The number of nitrogens with zero attached hydrogens (tertiary/aromatic N) is 1. The third-order valence-corrected chi connectivity index (χ3v) is 4.91. The first-order valence-electron chi connectivity index (χ1n) is 7.02. The van der Waals surface area contributed by atoms with E-state index in [1.54, 1.807) is 11.3 Å². The summed E-state index contributed by atoms with van der Waals surface area (Å²) in [6.45, 7) is 2.36. The monoisotopic (exact) mass is 333 g/mol. The third kappa shape index (κ3) is 2.71. The van der Waals surface area contributed by atoms with E-state index >= 15 is 0 Å². The highest BCUT2D eigenvalue weighted by Gasteiger charge is 2.21. The molecule has 3 aromatic rings. The summed E-state index contributed by atoms with van der Waals surface area (Å²) in [5.74, 6) is -0.664. The van der Waals surface area contributed by atoms with E-state index in [4.69, 9.17) is 4.74 Å². The summed E-state index contributed by atoms with van der Waals surface area (Å²) in [5.41, 5.74) is 1.64. The minimum absolute atomic E-state index is 0.00717. The van der Waals surface area contributed by atoms with Gasteiger partial charge in [-0.1, -0.05) is 13.3 Å². The molecule has 0 radical (unpaired) electrons. The highest BCUT2D eigenvalue weighted by atomic mass is 32.1. The molecule has 0 saturated carbocycles. The van der Waals surface area contributed by atoms with Crippen molar-refractivity contribution in [3.63, 3.8) is 0 Å². The van der Waals surface area contributed by atoms with E-state index in [1.807, 2.05) is 35.2 Å². The van der Waals surface area contributed by atoms with Crippen LogP contribution >= 0.6 is 22.7 Å². The molecule has 0 atom stereocenters. The maximum atomic E-state index is 12.2. The van der Waals surface area contributed by atoms with Gasteiger partial charge in [-0.25, -0.2) is 9.78 Å². The molecule has 4 nitrogen and oxygen atoms in total. The number of thiophene rings is 2. The number of hydrogen-bond acceptors (Lipinski definition) is 6. The summed E-state index contributed by atoms with van der Waals surface area (Å²) in [6, 6.07) is 3.86. The lowest BCUT2D eigenvalue weighted by Gasteiger charge is -2.09. The number of ether oxygens (including phenoxy) is 1. The molecule has 0 saturated heterocycles. The summed E-state index contributed by atoms with van der Waals surface area (Å²) in [4.78, 5) is 16.6. The highest BCUT2D eigenvalue weighted by molar-refractivity contribution is 7.17. The van der Waals surface area contributed by atoms with Crippen molar-refractivity contribution in [2.24, 2.45) is 0 Å². The zero-order valence-corrected chi connectivity index (χ0v) is 13.7. The Balaban J connectivity index is 2.07. The predicted octanol–water partition coefficient (Wildman–Crippen LogP) is 4.69. The van der Waals surface area contributed by atoms with Crippen LogP contribution in [0.3, 0.4) is 0 Å². The zero-order chi connectivity index (χ0) is 15.5. The molecule has 0 bridgehead atoms. The average molecular weight is 333 g/mol. The van der Waals surface area contributed by atoms with Crippen LogP contribution in [0.2, 0.25) is 0 Å². The molecule has 3 heterocycles. The first-order chi connectivity index (χ1) is 10.7. The minimum Gasteiger partial charge on any atom is -0.504 e. The molecule has 0 aliphatic rings. The van der Waals surface area contributed by atoms with Crippen LogP contribution < -0.4 is 0 Å². The SMILES string of the molecule is CCCCOC(=O)c1nc(-c2ccsc2)c2ccsc2c1O. The summed E-state index contributed by atoms with van der Waals surface area (Å²) >= 11 is 2.96. The Hall–Kier alpha value is -1.92. The lowest BCUT2D eigenvalue weighted by atomic mass is 10.1. The van der Waals surface area contributed by atoms with E-state index in [2.05, 4.69) is 4.98 Å². The second kappa shape index (κ2) is 6.46. The number of esters is 1.